The van der Waals surface area contributed by atoms with Gasteiger partial charge in [-0.2, -0.15) is 10.2 Å². The van der Waals surface area contributed by atoms with Crippen molar-refractivity contribution in [2.75, 3.05) is 0 Å². The van der Waals surface area contributed by atoms with E-state index in [4.69, 9.17) is 0 Å². The number of nitrogens with zero attached hydrogens (tertiary/aromatic N) is 4. The molecule has 0 amide bonds. The van der Waals surface area contributed by atoms with Crippen LogP contribution in [-0.4, -0.2) is 21.4 Å². The molecule has 0 spiro atoms. The monoisotopic (exact) mass is 238 g/mol. The van der Waals surface area contributed by atoms with Crippen molar-refractivity contribution in [2.45, 2.75) is 13.8 Å². The Morgan fingerprint density at radius 3 is 1.39 bits per heavy atom. The second kappa shape index (κ2) is 5.82. The lowest BCUT2D eigenvalue weighted by molar-refractivity contribution is 1.21. The number of aromatic nitrogens is 2. The summed E-state index contributed by atoms with van der Waals surface area (Å²) >= 11 is 0. The Morgan fingerprint density at radius 1 is 0.722 bits per heavy atom. The van der Waals surface area contributed by atoms with Crippen molar-refractivity contribution in [1.29, 1.82) is 0 Å². The van der Waals surface area contributed by atoms with Crippen molar-refractivity contribution in [3.63, 3.8) is 0 Å². The summed E-state index contributed by atoms with van der Waals surface area (Å²) in [5, 5.41) is 8.45. The summed E-state index contributed by atoms with van der Waals surface area (Å²) in [5.74, 6) is 0. The van der Waals surface area contributed by atoms with Gasteiger partial charge >= 0.3 is 0 Å². The molecule has 0 atom stereocenters. The van der Waals surface area contributed by atoms with Crippen molar-refractivity contribution in [1.82, 2.24) is 9.97 Å². The first-order valence-corrected chi connectivity index (χ1v) is 5.67. The largest absolute Gasteiger partial charge is 0.265 e. The molecule has 0 aliphatic rings. The number of hydrogen-bond donors (Lipinski definition) is 0. The minimum Gasteiger partial charge on any atom is -0.265 e. The van der Waals surface area contributed by atoms with Crippen molar-refractivity contribution < 1.29 is 0 Å². The Kier molecular flexibility index (Phi) is 3.91. The summed E-state index contributed by atoms with van der Waals surface area (Å²) in [6, 6.07) is 7.65. The molecule has 0 saturated heterocycles. The number of pyridine rings is 2. The third-order valence-electron chi connectivity index (χ3n) is 2.55. The Morgan fingerprint density at radius 2 is 1.06 bits per heavy atom. The van der Waals surface area contributed by atoms with Crippen LogP contribution in [0.5, 0.6) is 0 Å². The first-order chi connectivity index (χ1) is 8.77. The van der Waals surface area contributed by atoms with Crippen LogP contribution in [0.2, 0.25) is 0 Å². The van der Waals surface area contributed by atoms with E-state index < -0.39 is 0 Å². The van der Waals surface area contributed by atoms with Gasteiger partial charge in [-0.1, -0.05) is 0 Å². The van der Waals surface area contributed by atoms with Gasteiger partial charge in [-0.25, -0.2) is 0 Å². The van der Waals surface area contributed by atoms with Gasteiger partial charge in [-0.15, -0.1) is 0 Å². The Balaban J connectivity index is 2.20. The second-order valence-corrected chi connectivity index (χ2v) is 3.84. The molecule has 2 rings (SSSR count). The van der Waals surface area contributed by atoms with Crippen LogP contribution in [0.1, 0.15) is 25.0 Å². The van der Waals surface area contributed by atoms with Crippen LogP contribution >= 0.6 is 0 Å². The smallest absolute Gasteiger partial charge is 0.0673 e. The Labute approximate surface area is 106 Å². The quantitative estimate of drug-likeness (QED) is 0.609. The average molecular weight is 238 g/mol. The van der Waals surface area contributed by atoms with Gasteiger partial charge in [0.15, 0.2) is 0 Å². The predicted octanol–water partition coefficient (Wildman–Crippen LogP) is 2.71. The molecule has 0 aliphatic heterocycles. The van der Waals surface area contributed by atoms with E-state index in [1.54, 1.807) is 24.8 Å². The molecule has 2 heterocycles. The van der Waals surface area contributed by atoms with Crippen LogP contribution in [0, 0.1) is 0 Å². The topological polar surface area (TPSA) is 50.5 Å². The van der Waals surface area contributed by atoms with Gasteiger partial charge in [0.05, 0.1) is 11.4 Å². The van der Waals surface area contributed by atoms with E-state index in [9.17, 15) is 0 Å². The molecule has 4 heteroatoms. The predicted molar refractivity (Wildman–Crippen MR) is 72.9 cm³/mol. The maximum atomic E-state index is 4.23. The molecule has 2 aromatic rings. The summed E-state index contributed by atoms with van der Waals surface area (Å²) in [6.45, 7) is 3.86. The molecule has 18 heavy (non-hydrogen) atoms. The second-order valence-electron chi connectivity index (χ2n) is 3.84. The SMILES string of the molecule is C/C(=N\N=C(/C)c1ccncc1)c1ccncc1. The fourth-order valence-electron chi connectivity index (χ4n) is 1.45. The van der Waals surface area contributed by atoms with Crippen molar-refractivity contribution in [2.24, 2.45) is 10.2 Å². The molecule has 0 N–H and O–H groups in total. The van der Waals surface area contributed by atoms with E-state index in [2.05, 4.69) is 20.2 Å². The van der Waals surface area contributed by atoms with Crippen LogP contribution in [0.15, 0.2) is 59.3 Å². The first-order valence-electron chi connectivity index (χ1n) is 5.67. The molecule has 2 aromatic heterocycles. The van der Waals surface area contributed by atoms with E-state index in [0.717, 1.165) is 22.6 Å². The minimum atomic E-state index is 0.866. The average Bonchev–Trinajstić information content (AvgIpc) is 2.46. The Bertz CT molecular complexity index is 505. The fourth-order valence-corrected chi connectivity index (χ4v) is 1.45. The molecular weight excluding hydrogens is 224 g/mol. The van der Waals surface area contributed by atoms with E-state index in [-0.39, 0.29) is 0 Å². The molecular formula is C14H14N4. The molecule has 4 nitrogen and oxygen atoms in total. The first kappa shape index (κ1) is 12.1. The third kappa shape index (κ3) is 3.07. The van der Waals surface area contributed by atoms with Crippen LogP contribution < -0.4 is 0 Å². The van der Waals surface area contributed by atoms with Crippen LogP contribution in [0.25, 0.3) is 0 Å². The molecule has 0 aliphatic carbocycles. The zero-order valence-electron chi connectivity index (χ0n) is 10.4. The lowest BCUT2D eigenvalue weighted by Crippen LogP contribution is -1.97. The van der Waals surface area contributed by atoms with E-state index in [0.29, 0.717) is 0 Å². The van der Waals surface area contributed by atoms with Crippen molar-refractivity contribution >= 4 is 11.4 Å². The summed E-state index contributed by atoms with van der Waals surface area (Å²) in [7, 11) is 0. The summed E-state index contributed by atoms with van der Waals surface area (Å²) in [6.07, 6.45) is 6.98. The molecule has 0 saturated carbocycles. The Hall–Kier alpha value is -2.36. The zero-order chi connectivity index (χ0) is 12.8. The molecule has 0 radical (unpaired) electrons. The van der Waals surface area contributed by atoms with Gasteiger partial charge in [0, 0.05) is 35.9 Å². The molecule has 0 unspecified atom stereocenters. The van der Waals surface area contributed by atoms with E-state index >= 15 is 0 Å². The van der Waals surface area contributed by atoms with Gasteiger partial charge < -0.3 is 0 Å². The van der Waals surface area contributed by atoms with Crippen LogP contribution in [-0.2, 0) is 0 Å². The molecule has 0 aromatic carbocycles. The normalized spacial score (nSPS) is 12.6. The maximum Gasteiger partial charge on any atom is 0.0673 e. The van der Waals surface area contributed by atoms with Crippen molar-refractivity contribution in [3.8, 4) is 0 Å². The van der Waals surface area contributed by atoms with Gasteiger partial charge in [0.2, 0.25) is 0 Å². The van der Waals surface area contributed by atoms with Gasteiger partial charge in [-0.05, 0) is 38.1 Å². The molecule has 0 fully saturated rings. The van der Waals surface area contributed by atoms with E-state index in [1.165, 1.54) is 0 Å². The van der Waals surface area contributed by atoms with Gasteiger partial charge in [-0.3, -0.25) is 9.97 Å². The maximum absolute atomic E-state index is 4.23. The number of rotatable bonds is 3. The third-order valence-corrected chi connectivity index (χ3v) is 2.55. The van der Waals surface area contributed by atoms with Crippen LogP contribution in [0.4, 0.5) is 0 Å². The highest BCUT2D eigenvalue weighted by Gasteiger charge is 1.97. The van der Waals surface area contributed by atoms with Crippen LogP contribution in [0.3, 0.4) is 0 Å². The summed E-state index contributed by atoms with van der Waals surface area (Å²) in [5.41, 5.74) is 3.78. The lowest BCUT2D eigenvalue weighted by atomic mass is 10.2. The highest BCUT2D eigenvalue weighted by Crippen LogP contribution is 2.02. The van der Waals surface area contributed by atoms with E-state index in [1.807, 2.05) is 38.1 Å². The highest BCUT2D eigenvalue weighted by atomic mass is 15.2. The summed E-state index contributed by atoms with van der Waals surface area (Å²) in [4.78, 5) is 7.95. The van der Waals surface area contributed by atoms with Crippen molar-refractivity contribution in [3.05, 3.63) is 60.2 Å². The fraction of sp³-hybridized carbons (Fsp3) is 0.143. The standard InChI is InChI=1S/C14H14N4/c1-11(13-3-7-15-8-4-13)17-18-12(2)14-5-9-16-10-6-14/h3-10H,1-2H3/b17-11+,18-12+. The molecule has 0 bridgehead atoms. The zero-order valence-corrected chi connectivity index (χ0v) is 10.4. The van der Waals surface area contributed by atoms with Gasteiger partial charge in [0.1, 0.15) is 0 Å². The molecule has 90 valence electrons. The lowest BCUT2D eigenvalue weighted by Gasteiger charge is -1.99. The minimum absolute atomic E-state index is 0.866. The van der Waals surface area contributed by atoms with Gasteiger partial charge in [0.25, 0.3) is 0 Å². The highest BCUT2D eigenvalue weighted by molar-refractivity contribution is 6.01. The summed E-state index contributed by atoms with van der Waals surface area (Å²) < 4.78 is 0. The number of hydrogen-bond acceptors (Lipinski definition) is 4.